The number of carboxylic acid groups (broad SMARTS) is 1. The van der Waals surface area contributed by atoms with Gasteiger partial charge in [-0.2, -0.15) is 0 Å². The lowest BCUT2D eigenvalue weighted by Gasteiger charge is -2.03. The lowest BCUT2D eigenvalue weighted by molar-refractivity contribution is -0.117. The number of rotatable bonds is 5. The third kappa shape index (κ3) is 3.59. The Morgan fingerprint density at radius 1 is 1.47 bits per heavy atom. The first-order valence-corrected chi connectivity index (χ1v) is 4.17. The molecule has 0 atom stereocenters. The summed E-state index contributed by atoms with van der Waals surface area (Å²) in [6, 6.07) is 1.28. The fraction of sp³-hybridized carbons (Fsp3) is 0.250. The van der Waals surface area contributed by atoms with Crippen molar-refractivity contribution in [2.24, 2.45) is 5.73 Å². The van der Waals surface area contributed by atoms with Crippen LogP contribution in [0.4, 0.5) is 5.82 Å². The number of anilines is 1. The predicted molar refractivity (Wildman–Crippen MR) is 51.3 cm³/mol. The molecule has 0 saturated carbocycles. The molecule has 0 bridgehead atoms. The molecule has 0 fully saturated rings. The van der Waals surface area contributed by atoms with E-state index < -0.39 is 11.9 Å². The zero-order valence-electron chi connectivity index (χ0n) is 7.80. The number of hydrogen-bond donors (Lipinski definition) is 3. The molecule has 0 radical (unpaired) electrons. The van der Waals surface area contributed by atoms with Gasteiger partial charge >= 0.3 is 5.97 Å². The molecule has 0 saturated heterocycles. The highest BCUT2D eigenvalue weighted by molar-refractivity contribution is 5.86. The normalized spacial score (nSPS) is 9.60. The van der Waals surface area contributed by atoms with E-state index in [1.807, 2.05) is 0 Å². The van der Waals surface area contributed by atoms with E-state index in [9.17, 15) is 9.59 Å². The summed E-state index contributed by atoms with van der Waals surface area (Å²) in [7, 11) is 0. The Morgan fingerprint density at radius 2 is 2.20 bits per heavy atom. The third-order valence-electron chi connectivity index (χ3n) is 1.56. The Morgan fingerprint density at radius 3 is 2.80 bits per heavy atom. The topological polar surface area (TPSA) is 118 Å². The molecule has 0 aliphatic carbocycles. The Kier molecular flexibility index (Phi) is 3.55. The number of primary amides is 1. The molecule has 1 aromatic rings. The molecule has 80 valence electrons. The minimum Gasteiger partial charge on any atom is -0.477 e. The van der Waals surface area contributed by atoms with Crippen LogP contribution in [0.25, 0.3) is 0 Å². The van der Waals surface area contributed by atoms with Gasteiger partial charge < -0.3 is 16.2 Å². The van der Waals surface area contributed by atoms with E-state index in [-0.39, 0.29) is 12.1 Å². The highest BCUT2D eigenvalue weighted by atomic mass is 16.4. The highest BCUT2D eigenvalue weighted by Crippen LogP contribution is 2.03. The maximum absolute atomic E-state index is 10.5. The van der Waals surface area contributed by atoms with Crippen molar-refractivity contribution in [3.05, 3.63) is 18.1 Å². The SMILES string of the molecule is NC(=O)CCNc1cc(C(=O)O)ncn1. The van der Waals surface area contributed by atoms with Crippen LogP contribution >= 0.6 is 0 Å². The van der Waals surface area contributed by atoms with Crippen molar-refractivity contribution in [1.29, 1.82) is 0 Å². The summed E-state index contributed by atoms with van der Waals surface area (Å²) in [4.78, 5) is 28.3. The van der Waals surface area contributed by atoms with E-state index in [1.54, 1.807) is 0 Å². The number of aromatic nitrogens is 2. The summed E-state index contributed by atoms with van der Waals surface area (Å²) >= 11 is 0. The van der Waals surface area contributed by atoms with Crippen molar-refractivity contribution in [2.45, 2.75) is 6.42 Å². The number of carbonyl (C=O) groups is 2. The van der Waals surface area contributed by atoms with Gasteiger partial charge in [-0.05, 0) is 0 Å². The second-order valence-electron chi connectivity index (χ2n) is 2.74. The van der Waals surface area contributed by atoms with Crippen LogP contribution in [0.15, 0.2) is 12.4 Å². The summed E-state index contributed by atoms with van der Waals surface area (Å²) in [5.74, 6) is -1.21. The summed E-state index contributed by atoms with van der Waals surface area (Å²) in [5.41, 5.74) is 4.82. The number of nitrogens with one attached hydrogen (secondary N) is 1. The number of aromatic carboxylic acids is 1. The van der Waals surface area contributed by atoms with Crippen molar-refractivity contribution < 1.29 is 14.7 Å². The van der Waals surface area contributed by atoms with Crippen molar-refractivity contribution in [2.75, 3.05) is 11.9 Å². The lowest BCUT2D eigenvalue weighted by Crippen LogP contribution is -2.16. The van der Waals surface area contributed by atoms with E-state index in [0.717, 1.165) is 6.33 Å². The molecule has 1 heterocycles. The zero-order valence-corrected chi connectivity index (χ0v) is 7.80. The minimum atomic E-state index is -1.13. The van der Waals surface area contributed by atoms with E-state index in [4.69, 9.17) is 10.8 Å². The minimum absolute atomic E-state index is 0.105. The first-order chi connectivity index (χ1) is 7.09. The maximum atomic E-state index is 10.5. The Bertz CT molecular complexity index is 380. The molecule has 1 aromatic heterocycles. The van der Waals surface area contributed by atoms with Crippen LogP contribution in [0.3, 0.4) is 0 Å². The Balaban J connectivity index is 2.58. The van der Waals surface area contributed by atoms with Gasteiger partial charge in [0.2, 0.25) is 5.91 Å². The van der Waals surface area contributed by atoms with Crippen molar-refractivity contribution in [1.82, 2.24) is 9.97 Å². The molecule has 7 heteroatoms. The molecule has 0 aliphatic rings. The Labute approximate surface area is 85.3 Å². The number of nitrogens with zero attached hydrogens (tertiary/aromatic N) is 2. The molecule has 7 nitrogen and oxygen atoms in total. The second-order valence-corrected chi connectivity index (χ2v) is 2.74. The van der Waals surface area contributed by atoms with Gasteiger partial charge in [-0.3, -0.25) is 4.79 Å². The smallest absolute Gasteiger partial charge is 0.354 e. The molecule has 0 spiro atoms. The fourth-order valence-electron chi connectivity index (χ4n) is 0.885. The van der Waals surface area contributed by atoms with Gasteiger partial charge in [0, 0.05) is 19.0 Å². The van der Waals surface area contributed by atoms with Gasteiger partial charge in [0.25, 0.3) is 0 Å². The second kappa shape index (κ2) is 4.89. The van der Waals surface area contributed by atoms with Crippen LogP contribution in [0, 0.1) is 0 Å². The van der Waals surface area contributed by atoms with Crippen LogP contribution in [0.5, 0.6) is 0 Å². The van der Waals surface area contributed by atoms with Gasteiger partial charge in [0.15, 0.2) is 5.69 Å². The molecule has 1 amide bonds. The van der Waals surface area contributed by atoms with Gasteiger partial charge in [0.1, 0.15) is 12.1 Å². The Hall–Kier alpha value is -2.18. The van der Waals surface area contributed by atoms with Crippen molar-refractivity contribution >= 4 is 17.7 Å². The van der Waals surface area contributed by atoms with E-state index in [0.29, 0.717) is 12.4 Å². The first kappa shape index (κ1) is 10.9. The van der Waals surface area contributed by atoms with Gasteiger partial charge in [-0.1, -0.05) is 0 Å². The lowest BCUT2D eigenvalue weighted by atomic mass is 10.3. The molecule has 1 rings (SSSR count). The van der Waals surface area contributed by atoms with Crippen LogP contribution in [-0.4, -0.2) is 33.5 Å². The number of carboxylic acids is 1. The largest absolute Gasteiger partial charge is 0.477 e. The van der Waals surface area contributed by atoms with Crippen LogP contribution < -0.4 is 11.1 Å². The summed E-state index contributed by atoms with van der Waals surface area (Å²) in [6.45, 7) is 0.311. The molecule has 0 aliphatic heterocycles. The summed E-state index contributed by atoms with van der Waals surface area (Å²) in [6.07, 6.45) is 1.29. The predicted octanol–water partition coefficient (Wildman–Crippen LogP) is -0.538. The number of amides is 1. The van der Waals surface area contributed by atoms with Gasteiger partial charge in [-0.15, -0.1) is 0 Å². The van der Waals surface area contributed by atoms with Gasteiger partial charge in [0.05, 0.1) is 0 Å². The number of carbonyl (C=O) groups excluding carboxylic acids is 1. The molecule has 0 unspecified atom stereocenters. The van der Waals surface area contributed by atoms with Crippen molar-refractivity contribution in [3.8, 4) is 0 Å². The third-order valence-corrected chi connectivity index (χ3v) is 1.56. The standard InChI is InChI=1S/C8H10N4O3/c9-6(13)1-2-10-7-3-5(8(14)15)11-4-12-7/h3-4H,1-2H2,(H2,9,13)(H,14,15)(H,10,11,12). The first-order valence-electron chi connectivity index (χ1n) is 4.17. The van der Waals surface area contributed by atoms with Crippen LogP contribution in [0.2, 0.25) is 0 Å². The van der Waals surface area contributed by atoms with Gasteiger partial charge in [-0.25, -0.2) is 14.8 Å². The summed E-state index contributed by atoms with van der Waals surface area (Å²) < 4.78 is 0. The molecular formula is C8H10N4O3. The van der Waals surface area contributed by atoms with Crippen LogP contribution in [-0.2, 0) is 4.79 Å². The maximum Gasteiger partial charge on any atom is 0.354 e. The molecule has 15 heavy (non-hydrogen) atoms. The van der Waals surface area contributed by atoms with E-state index >= 15 is 0 Å². The summed E-state index contributed by atoms with van der Waals surface area (Å²) in [5, 5.41) is 11.4. The quantitative estimate of drug-likeness (QED) is 0.600. The molecule has 0 aromatic carbocycles. The monoisotopic (exact) mass is 210 g/mol. The molecule has 4 N–H and O–H groups in total. The average Bonchev–Trinajstić information content (AvgIpc) is 2.17. The zero-order chi connectivity index (χ0) is 11.3. The number of nitrogens with two attached hydrogens (primary N) is 1. The molecular weight excluding hydrogens is 200 g/mol. The number of hydrogen-bond acceptors (Lipinski definition) is 5. The van der Waals surface area contributed by atoms with Crippen molar-refractivity contribution in [3.63, 3.8) is 0 Å². The van der Waals surface area contributed by atoms with E-state index in [1.165, 1.54) is 6.07 Å². The highest BCUT2D eigenvalue weighted by Gasteiger charge is 2.05. The van der Waals surface area contributed by atoms with E-state index in [2.05, 4.69) is 15.3 Å². The fourth-order valence-corrected chi connectivity index (χ4v) is 0.885. The van der Waals surface area contributed by atoms with Crippen LogP contribution in [0.1, 0.15) is 16.9 Å². The average molecular weight is 210 g/mol.